The third-order valence-electron chi connectivity index (χ3n) is 1.81. The molecule has 0 spiro atoms. The monoisotopic (exact) mass is 297 g/mol. The van der Waals surface area contributed by atoms with Crippen molar-refractivity contribution in [2.24, 2.45) is 0 Å². The van der Waals surface area contributed by atoms with Crippen LogP contribution in [0.4, 0.5) is 0 Å². The van der Waals surface area contributed by atoms with E-state index >= 15 is 0 Å². The Morgan fingerprint density at radius 3 is 1.53 bits per heavy atom. The molecule has 0 aromatic rings. The average Bonchev–Trinajstić information content (AvgIpc) is 2.27. The Bertz CT molecular complexity index is 215. The first-order chi connectivity index (χ1) is 7.55. The first kappa shape index (κ1) is 19.4. The van der Waals surface area contributed by atoms with Gasteiger partial charge in [-0.25, -0.2) is 0 Å². The molecule has 9 N–H and O–H groups in total. The molecule has 0 unspecified atom stereocenters. The average molecular weight is 297 g/mol. The summed E-state index contributed by atoms with van der Waals surface area (Å²) in [5.41, 5.74) is 0. The van der Waals surface area contributed by atoms with Crippen molar-refractivity contribution in [2.45, 2.75) is 30.1 Å². The van der Waals surface area contributed by atoms with Crippen LogP contribution in [0.15, 0.2) is 0 Å². The van der Waals surface area contributed by atoms with E-state index in [2.05, 4.69) is 0 Å². The Morgan fingerprint density at radius 1 is 0.941 bits per heavy atom. The maximum absolute atomic E-state index is 8.98. The number of hydrogen-bond acceptors (Lipinski definition) is 10. The standard InChI is InChI=1S/C6H14O9.O.V/c7-1-2(8)3(9)4(10)5(11,12)6(13,14)15;;/h2-4,7-15H,1H2;;/t2-,3+,4+;;/m0../s1. The van der Waals surface area contributed by atoms with Gasteiger partial charge in [-0.05, 0) is 0 Å². The van der Waals surface area contributed by atoms with E-state index < -0.39 is 36.7 Å². The summed E-state index contributed by atoms with van der Waals surface area (Å²) in [4.78, 5) is 0. The fourth-order valence-corrected chi connectivity index (χ4v) is 0.755. The minimum atomic E-state index is -4.11. The van der Waals surface area contributed by atoms with Crippen molar-refractivity contribution in [1.82, 2.24) is 0 Å². The second-order valence-electron chi connectivity index (χ2n) is 3.05. The van der Waals surface area contributed by atoms with Crippen molar-refractivity contribution in [2.75, 3.05) is 6.61 Å². The van der Waals surface area contributed by atoms with Crippen LogP contribution < -0.4 is 0 Å². The van der Waals surface area contributed by atoms with Gasteiger partial charge in [-0.15, -0.1) is 0 Å². The van der Waals surface area contributed by atoms with Gasteiger partial charge in [0.2, 0.25) is 0 Å². The number of rotatable bonds is 5. The van der Waals surface area contributed by atoms with Gasteiger partial charge in [0, 0.05) is 0 Å². The van der Waals surface area contributed by atoms with Crippen LogP contribution in [0.25, 0.3) is 0 Å². The molecular formula is C6H14O10V. The van der Waals surface area contributed by atoms with E-state index in [4.69, 9.17) is 49.6 Å². The second-order valence-corrected chi connectivity index (χ2v) is 3.05. The van der Waals surface area contributed by atoms with Crippen molar-refractivity contribution in [1.29, 1.82) is 0 Å². The summed E-state index contributed by atoms with van der Waals surface area (Å²) in [7, 11) is 0. The van der Waals surface area contributed by atoms with Gasteiger partial charge in [-0.3, -0.25) is 0 Å². The molecule has 0 aliphatic rings. The van der Waals surface area contributed by atoms with Gasteiger partial charge in [0.1, 0.15) is 18.3 Å². The summed E-state index contributed by atoms with van der Waals surface area (Å²) in [5, 5.41) is 78.0. The van der Waals surface area contributed by atoms with Crippen molar-refractivity contribution in [3.05, 3.63) is 0 Å². The third kappa shape index (κ3) is 5.03. The molecule has 0 rings (SSSR count). The van der Waals surface area contributed by atoms with Crippen LogP contribution in [0.3, 0.4) is 0 Å². The van der Waals surface area contributed by atoms with Crippen LogP contribution >= 0.6 is 0 Å². The normalized spacial score (nSPS) is 17.6. The summed E-state index contributed by atoms with van der Waals surface area (Å²) in [6.45, 7) is -1.02. The summed E-state index contributed by atoms with van der Waals surface area (Å²) >= 11 is 1.06. The first-order valence-electron chi connectivity index (χ1n) is 4.01. The van der Waals surface area contributed by atoms with E-state index in [0.717, 1.165) is 17.4 Å². The topological polar surface area (TPSA) is 199 Å². The number of aliphatic hydroxyl groups excluding tert-OH is 4. The molecule has 0 aliphatic carbocycles. The van der Waals surface area contributed by atoms with Crippen molar-refractivity contribution >= 4 is 0 Å². The molecule has 0 saturated carbocycles. The Morgan fingerprint density at radius 2 is 1.29 bits per heavy atom. The molecule has 10 nitrogen and oxygen atoms in total. The zero-order chi connectivity index (χ0) is 14.4. The van der Waals surface area contributed by atoms with Gasteiger partial charge >= 0.3 is 27.0 Å². The van der Waals surface area contributed by atoms with E-state index in [1.807, 2.05) is 0 Å². The van der Waals surface area contributed by atoms with Gasteiger partial charge in [0.25, 0.3) is 5.79 Å². The molecule has 0 aromatic heterocycles. The fraction of sp³-hybridized carbons (Fsp3) is 1.00. The Kier molecular flexibility index (Phi) is 8.49. The van der Waals surface area contributed by atoms with Crippen molar-refractivity contribution in [3.8, 4) is 0 Å². The molecule has 0 fully saturated rings. The zero-order valence-corrected chi connectivity index (χ0v) is 9.72. The predicted molar refractivity (Wildman–Crippen MR) is 42.3 cm³/mol. The van der Waals surface area contributed by atoms with Gasteiger partial charge < -0.3 is 46.0 Å². The quantitative estimate of drug-likeness (QED) is 0.220. The molecule has 0 aliphatic heterocycles. The van der Waals surface area contributed by atoms with Crippen LogP contribution in [-0.2, 0) is 21.0 Å². The molecule has 17 heavy (non-hydrogen) atoms. The molecule has 3 atom stereocenters. The minimum absolute atomic E-state index is 1.02. The SMILES string of the molecule is OC[C@H](O)[C@@H](O)[C@@H](O)C(O)(O)C(O)(O)O.[O]=[V]. The number of hydrogen-bond donors (Lipinski definition) is 9. The second kappa shape index (κ2) is 7.46. The van der Waals surface area contributed by atoms with E-state index in [1.54, 1.807) is 0 Å². The van der Waals surface area contributed by atoms with Crippen LogP contribution in [0.1, 0.15) is 0 Å². The molecule has 11 heteroatoms. The molecular weight excluding hydrogens is 283 g/mol. The number of aliphatic hydroxyl groups is 9. The maximum atomic E-state index is 8.98. The predicted octanol–water partition coefficient (Wildman–Crippen LogP) is -5.75. The van der Waals surface area contributed by atoms with Crippen LogP contribution in [0, 0.1) is 0 Å². The van der Waals surface area contributed by atoms with Crippen LogP contribution in [-0.4, -0.2) is 82.6 Å². The van der Waals surface area contributed by atoms with Crippen molar-refractivity contribution < 1.29 is 67.0 Å². The van der Waals surface area contributed by atoms with Gasteiger partial charge in [-0.1, -0.05) is 0 Å². The molecule has 103 valence electrons. The van der Waals surface area contributed by atoms with Crippen LogP contribution in [0.2, 0.25) is 0 Å². The van der Waals surface area contributed by atoms with E-state index in [-0.39, 0.29) is 0 Å². The molecule has 0 saturated heterocycles. The summed E-state index contributed by atoms with van der Waals surface area (Å²) < 4.78 is 8.19. The summed E-state index contributed by atoms with van der Waals surface area (Å²) in [6.07, 6.45) is -6.99. The van der Waals surface area contributed by atoms with Crippen LogP contribution in [0.5, 0.6) is 0 Å². The first-order valence-corrected chi connectivity index (χ1v) is 4.58. The van der Waals surface area contributed by atoms with Gasteiger partial charge in [-0.2, -0.15) is 0 Å². The molecule has 0 bridgehead atoms. The fourth-order valence-electron chi connectivity index (χ4n) is 0.755. The zero-order valence-electron chi connectivity index (χ0n) is 8.32. The summed E-state index contributed by atoms with van der Waals surface area (Å²) in [5.74, 6) is -8.01. The van der Waals surface area contributed by atoms with E-state index in [0.29, 0.717) is 0 Å². The Balaban J connectivity index is 0. The van der Waals surface area contributed by atoms with E-state index in [9.17, 15) is 0 Å². The van der Waals surface area contributed by atoms with E-state index in [1.165, 1.54) is 0 Å². The Hall–Kier alpha value is 0.0244. The summed E-state index contributed by atoms with van der Waals surface area (Å²) in [6, 6.07) is 0. The third-order valence-corrected chi connectivity index (χ3v) is 1.81. The molecule has 0 aromatic carbocycles. The van der Waals surface area contributed by atoms with Crippen molar-refractivity contribution in [3.63, 3.8) is 0 Å². The molecule has 0 heterocycles. The molecule has 0 amide bonds. The Labute approximate surface area is 104 Å². The van der Waals surface area contributed by atoms with Gasteiger partial charge in [0.05, 0.1) is 6.61 Å². The van der Waals surface area contributed by atoms with Gasteiger partial charge in [0.15, 0.2) is 0 Å². The molecule has 0 radical (unpaired) electrons.